The van der Waals surface area contributed by atoms with Crippen LogP contribution >= 0.6 is 0 Å². The van der Waals surface area contributed by atoms with Gasteiger partial charge in [0.15, 0.2) is 5.69 Å². The number of ether oxygens (including phenoxy) is 2. The summed E-state index contributed by atoms with van der Waals surface area (Å²) in [5, 5.41) is 23.3. The molecule has 0 radical (unpaired) electrons. The van der Waals surface area contributed by atoms with Gasteiger partial charge < -0.3 is 14.6 Å². The van der Waals surface area contributed by atoms with E-state index >= 15 is 0 Å². The van der Waals surface area contributed by atoms with Gasteiger partial charge in [-0.2, -0.15) is 15.0 Å². The van der Waals surface area contributed by atoms with Crippen molar-refractivity contribution in [2.24, 2.45) is 0 Å². The number of nitriles is 1. The summed E-state index contributed by atoms with van der Waals surface area (Å²) in [6.07, 6.45) is 3.01. The van der Waals surface area contributed by atoms with Crippen LogP contribution in [0.1, 0.15) is 34.1 Å². The third-order valence-electron chi connectivity index (χ3n) is 4.40. The van der Waals surface area contributed by atoms with Crippen LogP contribution in [0.3, 0.4) is 0 Å². The molecule has 2 aromatic carbocycles. The predicted octanol–water partition coefficient (Wildman–Crippen LogP) is 3.38. The molecule has 1 heterocycles. The summed E-state index contributed by atoms with van der Waals surface area (Å²) in [5.74, 6) is -0.0939. The molecule has 0 spiro atoms. The van der Waals surface area contributed by atoms with Crippen LogP contribution in [0.5, 0.6) is 11.5 Å². The average Bonchev–Trinajstić information content (AvgIpc) is 2.78. The topological polar surface area (TPSA) is 114 Å². The molecule has 0 saturated heterocycles. The first-order chi connectivity index (χ1) is 15.0. The highest BCUT2D eigenvalue weighted by Gasteiger charge is 2.21. The van der Waals surface area contributed by atoms with Gasteiger partial charge in [-0.15, -0.1) is 0 Å². The fourth-order valence-corrected chi connectivity index (χ4v) is 2.89. The summed E-state index contributed by atoms with van der Waals surface area (Å²) in [7, 11) is 1.55. The zero-order valence-corrected chi connectivity index (χ0v) is 16.9. The van der Waals surface area contributed by atoms with E-state index in [9.17, 15) is 20.0 Å². The fraction of sp³-hybridized carbons (Fsp3) is 0.130. The van der Waals surface area contributed by atoms with Crippen LogP contribution in [0.25, 0.3) is 17.8 Å². The van der Waals surface area contributed by atoms with E-state index < -0.39 is 17.2 Å². The van der Waals surface area contributed by atoms with Crippen LogP contribution in [0.2, 0.25) is 0 Å². The van der Waals surface area contributed by atoms with E-state index in [0.717, 1.165) is 10.2 Å². The summed E-state index contributed by atoms with van der Waals surface area (Å²) >= 11 is 0. The number of carboxylic acid groups (broad SMARTS) is 1. The molecule has 0 saturated carbocycles. The summed E-state index contributed by atoms with van der Waals surface area (Å²) in [4.78, 5) is 24.8. The number of nitrogens with zero attached hydrogens (tertiary/aromatic N) is 3. The molecular formula is C23H19N3O5. The molecular weight excluding hydrogens is 398 g/mol. The lowest BCUT2D eigenvalue weighted by molar-refractivity contribution is 0.0688. The molecule has 0 bridgehead atoms. The van der Waals surface area contributed by atoms with Crippen molar-refractivity contribution in [1.82, 2.24) is 9.78 Å². The maximum Gasteiger partial charge on any atom is 0.357 e. The number of carbonyl (C=O) groups is 1. The first kappa shape index (κ1) is 21.3. The Kier molecular flexibility index (Phi) is 6.48. The van der Waals surface area contributed by atoms with E-state index in [4.69, 9.17) is 9.47 Å². The second-order valence-corrected chi connectivity index (χ2v) is 6.30. The van der Waals surface area contributed by atoms with Gasteiger partial charge in [-0.25, -0.2) is 4.79 Å². The van der Waals surface area contributed by atoms with E-state index in [1.54, 1.807) is 61.7 Å². The van der Waals surface area contributed by atoms with Gasteiger partial charge in [0.2, 0.25) is 0 Å². The molecule has 0 aliphatic carbocycles. The molecule has 8 heteroatoms. The number of hydrogen-bond donors (Lipinski definition) is 1. The normalized spacial score (nSPS) is 10.6. The number of aromatic carboxylic acids is 1. The number of benzene rings is 2. The van der Waals surface area contributed by atoms with Crippen LogP contribution in [-0.2, 0) is 0 Å². The van der Waals surface area contributed by atoms with Gasteiger partial charge in [0.25, 0.3) is 5.56 Å². The molecule has 0 unspecified atom stereocenters. The lowest BCUT2D eigenvalue weighted by Crippen LogP contribution is -2.28. The number of methoxy groups -OCH3 is 1. The van der Waals surface area contributed by atoms with Crippen molar-refractivity contribution < 1.29 is 19.4 Å². The Balaban J connectivity index is 2.10. The Morgan fingerprint density at radius 3 is 2.32 bits per heavy atom. The molecule has 3 aromatic rings. The van der Waals surface area contributed by atoms with Gasteiger partial charge in [0, 0.05) is 5.56 Å². The van der Waals surface area contributed by atoms with Crippen LogP contribution in [0, 0.1) is 11.3 Å². The Labute approximate surface area is 178 Å². The molecule has 0 amide bonds. The van der Waals surface area contributed by atoms with Gasteiger partial charge in [-0.1, -0.05) is 24.3 Å². The quantitative estimate of drug-likeness (QED) is 0.627. The van der Waals surface area contributed by atoms with Crippen molar-refractivity contribution in [3.8, 4) is 23.3 Å². The highest BCUT2D eigenvalue weighted by Crippen LogP contribution is 2.19. The maximum absolute atomic E-state index is 12.9. The van der Waals surface area contributed by atoms with Gasteiger partial charge in [0.1, 0.15) is 23.1 Å². The summed E-state index contributed by atoms with van der Waals surface area (Å²) in [6, 6.07) is 15.2. The average molecular weight is 417 g/mol. The summed E-state index contributed by atoms with van der Waals surface area (Å²) < 4.78 is 11.4. The maximum atomic E-state index is 12.9. The lowest BCUT2D eigenvalue weighted by Gasteiger charge is -2.10. The standard InChI is InChI=1S/C23H19N3O5/c1-3-31-18-11-7-16(8-12-18)26-22(27)20(14-24)19(21(25-26)23(28)29)13-6-15-4-9-17(30-2)10-5-15/h4-13H,3H2,1-2H3,(H,28,29)/b13-6-. The Morgan fingerprint density at radius 1 is 1.13 bits per heavy atom. The molecule has 1 N–H and O–H groups in total. The Morgan fingerprint density at radius 2 is 1.77 bits per heavy atom. The van der Waals surface area contributed by atoms with E-state index in [1.807, 2.05) is 13.0 Å². The second kappa shape index (κ2) is 9.41. The molecule has 0 fully saturated rings. The zero-order chi connectivity index (χ0) is 22.4. The number of aromatic nitrogens is 2. The zero-order valence-electron chi connectivity index (χ0n) is 16.9. The van der Waals surface area contributed by atoms with Crippen molar-refractivity contribution in [2.75, 3.05) is 13.7 Å². The Bertz CT molecular complexity index is 1220. The smallest absolute Gasteiger partial charge is 0.357 e. The summed E-state index contributed by atoms with van der Waals surface area (Å²) in [6.45, 7) is 2.32. The molecule has 0 aliphatic rings. The molecule has 31 heavy (non-hydrogen) atoms. The third kappa shape index (κ3) is 4.62. The highest BCUT2D eigenvalue weighted by atomic mass is 16.5. The molecule has 156 valence electrons. The number of carboxylic acids is 1. The minimum Gasteiger partial charge on any atom is -0.497 e. The predicted molar refractivity (Wildman–Crippen MR) is 115 cm³/mol. The van der Waals surface area contributed by atoms with Crippen molar-refractivity contribution in [2.45, 2.75) is 6.92 Å². The number of hydrogen-bond acceptors (Lipinski definition) is 6. The van der Waals surface area contributed by atoms with Crippen LogP contribution < -0.4 is 15.0 Å². The third-order valence-corrected chi connectivity index (χ3v) is 4.40. The van der Waals surface area contributed by atoms with Gasteiger partial charge in [-0.3, -0.25) is 4.79 Å². The fourth-order valence-electron chi connectivity index (χ4n) is 2.89. The number of rotatable bonds is 7. The monoisotopic (exact) mass is 417 g/mol. The molecule has 0 aliphatic heterocycles. The van der Waals surface area contributed by atoms with Crippen molar-refractivity contribution >= 4 is 18.1 Å². The minimum absolute atomic E-state index is 0.0574. The molecule has 1 aromatic heterocycles. The van der Waals surface area contributed by atoms with E-state index in [-0.39, 0.29) is 11.1 Å². The van der Waals surface area contributed by atoms with Crippen LogP contribution in [0.4, 0.5) is 0 Å². The van der Waals surface area contributed by atoms with Gasteiger partial charge >= 0.3 is 5.97 Å². The first-order valence-corrected chi connectivity index (χ1v) is 9.34. The van der Waals surface area contributed by atoms with Gasteiger partial charge in [0.05, 0.1) is 19.4 Å². The van der Waals surface area contributed by atoms with E-state index in [0.29, 0.717) is 23.8 Å². The SMILES string of the molecule is CCOc1ccc(-n2nc(C(=O)O)c(/C=C\c3ccc(OC)cc3)c(C#N)c2=O)cc1. The first-order valence-electron chi connectivity index (χ1n) is 9.34. The van der Waals surface area contributed by atoms with Gasteiger partial charge in [-0.05, 0) is 48.9 Å². The highest BCUT2D eigenvalue weighted by molar-refractivity contribution is 5.92. The molecule has 3 rings (SSSR count). The van der Waals surface area contributed by atoms with Crippen LogP contribution in [0.15, 0.2) is 53.3 Å². The minimum atomic E-state index is -1.36. The van der Waals surface area contributed by atoms with Crippen molar-refractivity contribution in [1.29, 1.82) is 5.26 Å². The molecule has 8 nitrogen and oxygen atoms in total. The second-order valence-electron chi connectivity index (χ2n) is 6.30. The Hall–Kier alpha value is -4.38. The van der Waals surface area contributed by atoms with Crippen molar-refractivity contribution in [3.05, 3.63) is 81.3 Å². The van der Waals surface area contributed by atoms with Crippen LogP contribution in [-0.4, -0.2) is 34.6 Å². The van der Waals surface area contributed by atoms with E-state index in [1.165, 1.54) is 6.08 Å². The lowest BCUT2D eigenvalue weighted by atomic mass is 10.1. The van der Waals surface area contributed by atoms with Crippen molar-refractivity contribution in [3.63, 3.8) is 0 Å². The van der Waals surface area contributed by atoms with E-state index in [2.05, 4.69) is 5.10 Å². The summed E-state index contributed by atoms with van der Waals surface area (Å²) in [5.41, 5.74) is -0.445. The largest absolute Gasteiger partial charge is 0.497 e. The molecule has 0 atom stereocenters.